The Morgan fingerprint density at radius 3 is 2.38 bits per heavy atom. The van der Waals surface area contributed by atoms with Gasteiger partial charge in [-0.1, -0.05) is 30.3 Å². The molecule has 0 aromatic heterocycles. The van der Waals surface area contributed by atoms with Crippen molar-refractivity contribution < 1.29 is 35.3 Å². The molecule has 1 aliphatic heterocycles. The van der Waals surface area contributed by atoms with Gasteiger partial charge in [0.1, 0.15) is 0 Å². The van der Waals surface area contributed by atoms with Gasteiger partial charge in [0, 0.05) is 24.8 Å². The van der Waals surface area contributed by atoms with Crippen LogP contribution in [0.3, 0.4) is 0 Å². The summed E-state index contributed by atoms with van der Waals surface area (Å²) in [4.78, 5) is 17.9. The Labute approximate surface area is 182 Å². The Balaban J connectivity index is 1.62. The Kier molecular flexibility index (Phi) is 6.99. The van der Waals surface area contributed by atoms with Gasteiger partial charge < -0.3 is 9.64 Å². The van der Waals surface area contributed by atoms with Gasteiger partial charge in [-0.2, -0.15) is 21.6 Å². The first kappa shape index (κ1) is 23.5. The van der Waals surface area contributed by atoms with Crippen molar-refractivity contribution in [1.29, 1.82) is 0 Å². The number of aliphatic imine (C=N–C) groups is 1. The number of benzene rings is 2. The molecule has 2 aromatic carbocycles. The predicted molar refractivity (Wildman–Crippen MR) is 113 cm³/mol. The zero-order valence-corrected chi connectivity index (χ0v) is 17.7. The van der Waals surface area contributed by atoms with E-state index in [2.05, 4.69) is 9.18 Å². The molecule has 3 rings (SSSR count). The monoisotopic (exact) mass is 468 g/mol. The van der Waals surface area contributed by atoms with Crippen molar-refractivity contribution >= 4 is 33.7 Å². The van der Waals surface area contributed by atoms with E-state index >= 15 is 0 Å². The molecule has 0 saturated heterocycles. The molecule has 1 aliphatic rings. The third-order valence-corrected chi connectivity index (χ3v) is 5.52. The van der Waals surface area contributed by atoms with Crippen molar-refractivity contribution in [2.24, 2.45) is 4.99 Å². The second-order valence-corrected chi connectivity index (χ2v) is 8.61. The number of halogens is 3. The predicted octanol–water partition coefficient (Wildman–Crippen LogP) is 3.38. The molecule has 32 heavy (non-hydrogen) atoms. The van der Waals surface area contributed by atoms with Crippen LogP contribution >= 0.6 is 0 Å². The first-order valence-electron chi connectivity index (χ1n) is 9.35. The summed E-state index contributed by atoms with van der Waals surface area (Å²) in [7, 11) is -2.72. The Morgan fingerprint density at radius 2 is 1.75 bits per heavy atom. The van der Waals surface area contributed by atoms with Gasteiger partial charge in [0.15, 0.2) is 12.3 Å². The molecule has 0 radical (unpaired) electrons. The van der Waals surface area contributed by atoms with Crippen LogP contribution in [-0.4, -0.2) is 52.4 Å². The van der Waals surface area contributed by atoms with Crippen LogP contribution in [0, 0.1) is 0 Å². The Morgan fingerprint density at radius 1 is 1.09 bits per heavy atom. The second-order valence-electron chi connectivity index (χ2n) is 6.85. The number of anilines is 1. The number of ether oxygens (including phenoxy) is 1. The molecule has 0 N–H and O–H groups in total. The summed E-state index contributed by atoms with van der Waals surface area (Å²) in [5.41, 5.74) is 2.10. The number of carbonyl (C=O) groups excluding carboxylic acids is 1. The Bertz CT molecular complexity index is 1130. The van der Waals surface area contributed by atoms with Crippen molar-refractivity contribution in [3.63, 3.8) is 0 Å². The fraction of sp³-hybridized carbons (Fsp3) is 0.238. The molecule has 0 saturated carbocycles. The molecule has 0 bridgehead atoms. The maximum Gasteiger partial charge on any atom is 0.413 e. The lowest BCUT2D eigenvalue weighted by Gasteiger charge is -2.19. The molecule has 170 valence electrons. The van der Waals surface area contributed by atoms with Gasteiger partial charge in [0.2, 0.25) is 5.90 Å². The molecular weight excluding hydrogens is 449 g/mol. The lowest BCUT2D eigenvalue weighted by molar-refractivity contribution is -0.152. The number of hydrogen-bond acceptors (Lipinski definition) is 7. The maximum atomic E-state index is 12.1. The fourth-order valence-corrected chi connectivity index (χ4v) is 3.62. The quantitative estimate of drug-likeness (QED) is 0.336. The molecule has 1 heterocycles. The molecule has 0 amide bonds. The fourth-order valence-electron chi connectivity index (χ4n) is 2.69. The molecular formula is C21H19F3N2O5S. The minimum Gasteiger partial charge on any atom is -0.402 e. The molecule has 0 spiro atoms. The normalized spacial score (nSPS) is 15.6. The van der Waals surface area contributed by atoms with Gasteiger partial charge in [-0.15, -0.1) is 0 Å². The smallest absolute Gasteiger partial charge is 0.402 e. The summed E-state index contributed by atoms with van der Waals surface area (Å²) in [5.74, 6) is -0.963. The van der Waals surface area contributed by atoms with E-state index in [0.29, 0.717) is 16.8 Å². The van der Waals surface area contributed by atoms with Gasteiger partial charge in [-0.05, 0) is 35.9 Å². The third-order valence-electron chi connectivity index (χ3n) is 4.36. The van der Waals surface area contributed by atoms with Crippen LogP contribution in [0.25, 0.3) is 6.08 Å². The number of carbonyl (C=O) groups is 1. The van der Waals surface area contributed by atoms with Gasteiger partial charge in [-0.3, -0.25) is 4.18 Å². The van der Waals surface area contributed by atoms with Crippen LogP contribution in [-0.2, 0) is 23.8 Å². The van der Waals surface area contributed by atoms with E-state index in [-0.39, 0.29) is 18.1 Å². The minimum atomic E-state index is -4.72. The van der Waals surface area contributed by atoms with E-state index in [9.17, 15) is 26.4 Å². The molecule has 2 aromatic rings. The van der Waals surface area contributed by atoms with E-state index in [1.54, 1.807) is 66.6 Å². The van der Waals surface area contributed by atoms with Crippen molar-refractivity contribution in [1.82, 2.24) is 0 Å². The molecule has 0 aliphatic carbocycles. The summed E-state index contributed by atoms with van der Waals surface area (Å²) < 4.78 is 68.8. The van der Waals surface area contributed by atoms with Crippen LogP contribution in [0.1, 0.15) is 11.1 Å². The highest BCUT2D eigenvalue weighted by atomic mass is 32.2. The first-order valence-corrected chi connectivity index (χ1v) is 10.9. The van der Waals surface area contributed by atoms with E-state index in [0.717, 1.165) is 0 Å². The second kappa shape index (κ2) is 9.53. The van der Waals surface area contributed by atoms with Crippen molar-refractivity contribution in [3.05, 3.63) is 71.4 Å². The van der Waals surface area contributed by atoms with Crippen molar-refractivity contribution in [2.45, 2.75) is 6.18 Å². The first-order chi connectivity index (χ1) is 15.0. The van der Waals surface area contributed by atoms with Crippen LogP contribution in [0.2, 0.25) is 0 Å². The van der Waals surface area contributed by atoms with Gasteiger partial charge >= 0.3 is 12.1 Å². The van der Waals surface area contributed by atoms with E-state index < -0.39 is 34.6 Å². The number of nitrogens with zero attached hydrogens (tertiary/aromatic N) is 2. The third kappa shape index (κ3) is 6.66. The van der Waals surface area contributed by atoms with E-state index in [1.807, 2.05) is 6.07 Å². The van der Waals surface area contributed by atoms with Gasteiger partial charge in [0.05, 0.1) is 5.75 Å². The number of alkyl halides is 3. The van der Waals surface area contributed by atoms with Crippen molar-refractivity contribution in [2.75, 3.05) is 30.9 Å². The highest BCUT2D eigenvalue weighted by Gasteiger charge is 2.31. The molecule has 0 fully saturated rings. The van der Waals surface area contributed by atoms with Crippen LogP contribution < -0.4 is 4.90 Å². The van der Waals surface area contributed by atoms with Gasteiger partial charge in [0.25, 0.3) is 10.1 Å². The summed E-state index contributed by atoms with van der Waals surface area (Å²) in [6.07, 6.45) is -3.17. The number of rotatable bonds is 8. The molecule has 11 heteroatoms. The topological polar surface area (TPSA) is 85.3 Å². The zero-order chi connectivity index (χ0) is 23.4. The van der Waals surface area contributed by atoms with E-state index in [1.165, 1.54) is 0 Å². The summed E-state index contributed by atoms with van der Waals surface area (Å²) in [6, 6.07) is 15.7. The zero-order valence-electron chi connectivity index (χ0n) is 16.9. The maximum absolute atomic E-state index is 12.1. The largest absolute Gasteiger partial charge is 0.413 e. The number of esters is 1. The summed E-state index contributed by atoms with van der Waals surface area (Å²) in [5, 5.41) is 0. The van der Waals surface area contributed by atoms with Crippen LogP contribution in [0.4, 0.5) is 18.9 Å². The van der Waals surface area contributed by atoms with Crippen molar-refractivity contribution in [3.8, 4) is 0 Å². The average Bonchev–Trinajstić information content (AvgIpc) is 3.12. The van der Waals surface area contributed by atoms with Gasteiger partial charge in [-0.25, -0.2) is 9.79 Å². The lowest BCUT2D eigenvalue weighted by Crippen LogP contribution is -2.28. The standard InChI is InChI=1S/C21H19F3N2O5S/c1-26(11-12-32(28,29)30-14-21(22,23)24)17-9-7-15(8-10-17)13-18-20(27)31-19(25-18)16-5-3-2-4-6-16/h2-10,13H,11-12,14H2,1H3/b18-13+. The molecule has 0 atom stereocenters. The summed E-state index contributed by atoms with van der Waals surface area (Å²) >= 11 is 0. The number of cyclic esters (lactones) is 1. The lowest BCUT2D eigenvalue weighted by atomic mass is 10.1. The Hall–Kier alpha value is -3.18. The van der Waals surface area contributed by atoms with Crippen LogP contribution in [0.15, 0.2) is 65.3 Å². The van der Waals surface area contributed by atoms with Crippen LogP contribution in [0.5, 0.6) is 0 Å². The average molecular weight is 468 g/mol. The highest BCUT2D eigenvalue weighted by Crippen LogP contribution is 2.21. The minimum absolute atomic E-state index is 0.0717. The highest BCUT2D eigenvalue weighted by molar-refractivity contribution is 7.86. The molecule has 7 nitrogen and oxygen atoms in total. The molecule has 0 unspecified atom stereocenters. The van der Waals surface area contributed by atoms with E-state index in [4.69, 9.17) is 4.74 Å². The number of hydrogen-bond donors (Lipinski definition) is 0. The SMILES string of the molecule is CN(CCS(=O)(=O)OCC(F)(F)F)c1ccc(/C=C2/N=C(c3ccccc3)OC2=O)cc1. The summed E-state index contributed by atoms with van der Waals surface area (Å²) in [6.45, 7) is -1.92.